The average molecular weight is 389 g/mol. The molecule has 1 aliphatic heterocycles. The Balaban J connectivity index is 1.45. The Morgan fingerprint density at radius 3 is 2.50 bits per heavy atom. The number of epoxide rings is 1. The molecule has 0 radical (unpaired) electrons. The van der Waals surface area contributed by atoms with Crippen molar-refractivity contribution in [1.82, 2.24) is 0 Å². The summed E-state index contributed by atoms with van der Waals surface area (Å²) in [5.74, 6) is 3.09. The zero-order chi connectivity index (χ0) is 20.1. The molecule has 0 amide bonds. The molecule has 4 nitrogen and oxygen atoms in total. The minimum absolute atomic E-state index is 0.0217. The van der Waals surface area contributed by atoms with E-state index in [4.69, 9.17) is 9.47 Å². The lowest BCUT2D eigenvalue weighted by Gasteiger charge is -2.59. The standard InChI is InChI=1S/C24H36O4/c1-13-10-19(14(2)25)22(4)8-7-18-17(21(13)22)11-20-24(28-20)12-16(27-15(3)26)6-9-23(18,24)5/h13,16-21H,6-12H2,1-5H3/t13-,16+,17+,18+,19-,20-,21-,22+,23+,24-/m0/s1. The van der Waals surface area contributed by atoms with Crippen LogP contribution in [0.25, 0.3) is 0 Å². The molecule has 5 rings (SSSR count). The molecule has 0 aromatic carbocycles. The molecule has 0 aromatic rings. The van der Waals surface area contributed by atoms with Gasteiger partial charge >= 0.3 is 5.97 Å². The van der Waals surface area contributed by atoms with Gasteiger partial charge in [-0.15, -0.1) is 0 Å². The van der Waals surface area contributed by atoms with Crippen molar-refractivity contribution in [2.24, 2.45) is 40.4 Å². The van der Waals surface area contributed by atoms with Crippen LogP contribution in [0.2, 0.25) is 0 Å². The number of hydrogen-bond donors (Lipinski definition) is 0. The highest BCUT2D eigenvalue weighted by molar-refractivity contribution is 5.79. The molecule has 1 saturated heterocycles. The lowest BCUT2D eigenvalue weighted by molar-refractivity contribution is -0.159. The van der Waals surface area contributed by atoms with Gasteiger partial charge in [0.25, 0.3) is 0 Å². The average Bonchev–Trinajstić information content (AvgIpc) is 3.21. The van der Waals surface area contributed by atoms with Gasteiger partial charge in [0.1, 0.15) is 17.5 Å². The number of fused-ring (bicyclic) bond motifs is 4. The third kappa shape index (κ3) is 2.27. The molecule has 156 valence electrons. The number of ether oxygens (including phenoxy) is 2. The van der Waals surface area contributed by atoms with Crippen LogP contribution in [-0.2, 0) is 19.1 Å². The monoisotopic (exact) mass is 388 g/mol. The van der Waals surface area contributed by atoms with Gasteiger partial charge in [-0.1, -0.05) is 20.8 Å². The second-order valence-corrected chi connectivity index (χ2v) is 11.3. The summed E-state index contributed by atoms with van der Waals surface area (Å²) in [6, 6.07) is 0. The molecular formula is C24H36O4. The van der Waals surface area contributed by atoms with Crippen molar-refractivity contribution in [3.8, 4) is 0 Å². The van der Waals surface area contributed by atoms with E-state index in [9.17, 15) is 9.59 Å². The summed E-state index contributed by atoms with van der Waals surface area (Å²) in [5, 5.41) is 0. The molecule has 28 heavy (non-hydrogen) atoms. The predicted molar refractivity (Wildman–Crippen MR) is 105 cm³/mol. The highest BCUT2D eigenvalue weighted by Crippen LogP contribution is 2.74. The summed E-state index contributed by atoms with van der Waals surface area (Å²) in [5.41, 5.74) is 0.293. The molecule has 0 N–H and O–H groups in total. The molecule has 5 aliphatic rings. The van der Waals surface area contributed by atoms with Crippen molar-refractivity contribution in [2.75, 3.05) is 0 Å². The summed E-state index contributed by atoms with van der Waals surface area (Å²) in [7, 11) is 0. The molecule has 1 spiro atoms. The fourth-order valence-electron chi connectivity index (χ4n) is 9.15. The van der Waals surface area contributed by atoms with Gasteiger partial charge in [-0.2, -0.15) is 0 Å². The van der Waals surface area contributed by atoms with Crippen molar-refractivity contribution >= 4 is 11.8 Å². The predicted octanol–water partition coefficient (Wildman–Crippen LogP) is 4.54. The smallest absolute Gasteiger partial charge is 0.302 e. The molecule has 0 aromatic heterocycles. The minimum Gasteiger partial charge on any atom is -0.462 e. The number of hydrogen-bond acceptors (Lipinski definition) is 4. The summed E-state index contributed by atoms with van der Waals surface area (Å²) >= 11 is 0. The Labute approximate surface area is 169 Å². The molecule has 4 saturated carbocycles. The van der Waals surface area contributed by atoms with Gasteiger partial charge < -0.3 is 9.47 Å². The van der Waals surface area contributed by atoms with Crippen LogP contribution in [0, 0.1) is 40.4 Å². The minimum atomic E-state index is -0.167. The van der Waals surface area contributed by atoms with Crippen LogP contribution in [0.15, 0.2) is 0 Å². The molecule has 0 bridgehead atoms. The molecule has 10 atom stereocenters. The summed E-state index contributed by atoms with van der Waals surface area (Å²) in [6.45, 7) is 10.6. The molecule has 1 heterocycles. The molecular weight excluding hydrogens is 352 g/mol. The van der Waals surface area contributed by atoms with Crippen LogP contribution in [0.3, 0.4) is 0 Å². The van der Waals surface area contributed by atoms with E-state index in [2.05, 4.69) is 20.8 Å². The van der Waals surface area contributed by atoms with E-state index in [0.29, 0.717) is 35.6 Å². The summed E-state index contributed by atoms with van der Waals surface area (Å²) in [6.07, 6.45) is 7.89. The van der Waals surface area contributed by atoms with E-state index in [1.165, 1.54) is 19.8 Å². The fraction of sp³-hybridized carbons (Fsp3) is 0.917. The van der Waals surface area contributed by atoms with Crippen molar-refractivity contribution in [3.63, 3.8) is 0 Å². The number of carbonyl (C=O) groups is 2. The second-order valence-electron chi connectivity index (χ2n) is 11.3. The van der Waals surface area contributed by atoms with Crippen LogP contribution in [0.4, 0.5) is 0 Å². The van der Waals surface area contributed by atoms with Crippen molar-refractivity contribution < 1.29 is 19.1 Å². The van der Waals surface area contributed by atoms with E-state index in [-0.39, 0.29) is 34.4 Å². The molecule has 4 heteroatoms. The first-order chi connectivity index (χ1) is 13.1. The van der Waals surface area contributed by atoms with Gasteiger partial charge in [0.05, 0.1) is 6.10 Å². The third-order valence-corrected chi connectivity index (χ3v) is 10.2. The maximum Gasteiger partial charge on any atom is 0.302 e. The number of rotatable bonds is 2. The largest absolute Gasteiger partial charge is 0.462 e. The van der Waals surface area contributed by atoms with Gasteiger partial charge in [-0.3, -0.25) is 9.59 Å². The van der Waals surface area contributed by atoms with Crippen molar-refractivity contribution in [3.05, 3.63) is 0 Å². The van der Waals surface area contributed by atoms with E-state index in [1.807, 2.05) is 6.92 Å². The van der Waals surface area contributed by atoms with Crippen LogP contribution in [0.5, 0.6) is 0 Å². The highest BCUT2D eigenvalue weighted by atomic mass is 16.6. The van der Waals surface area contributed by atoms with Gasteiger partial charge in [-0.25, -0.2) is 0 Å². The van der Waals surface area contributed by atoms with Crippen LogP contribution >= 0.6 is 0 Å². The molecule has 5 fully saturated rings. The second kappa shape index (κ2) is 5.83. The molecule has 0 unspecified atom stereocenters. The van der Waals surface area contributed by atoms with Crippen molar-refractivity contribution in [2.45, 2.75) is 97.4 Å². The zero-order valence-electron chi connectivity index (χ0n) is 18.1. The lowest BCUT2D eigenvalue weighted by atomic mass is 9.44. The quantitative estimate of drug-likeness (QED) is 0.515. The van der Waals surface area contributed by atoms with Gasteiger partial charge in [0.2, 0.25) is 0 Å². The lowest BCUT2D eigenvalue weighted by Crippen LogP contribution is -2.59. The summed E-state index contributed by atoms with van der Waals surface area (Å²) in [4.78, 5) is 23.9. The topological polar surface area (TPSA) is 55.9 Å². The Morgan fingerprint density at radius 2 is 1.82 bits per heavy atom. The number of esters is 1. The van der Waals surface area contributed by atoms with Crippen LogP contribution < -0.4 is 0 Å². The maximum absolute atomic E-state index is 12.4. The number of ketones is 1. The first kappa shape index (κ1) is 19.1. The van der Waals surface area contributed by atoms with Gasteiger partial charge in [0, 0.05) is 24.7 Å². The summed E-state index contributed by atoms with van der Waals surface area (Å²) < 4.78 is 12.1. The van der Waals surface area contributed by atoms with Crippen LogP contribution in [-0.4, -0.2) is 29.6 Å². The third-order valence-electron chi connectivity index (χ3n) is 10.2. The van der Waals surface area contributed by atoms with E-state index in [0.717, 1.165) is 32.1 Å². The Hall–Kier alpha value is -0.900. The zero-order valence-corrected chi connectivity index (χ0v) is 18.1. The number of Topliss-reactive ketones (excluding diaryl/α,β-unsaturated/α-hetero) is 1. The SMILES string of the molecule is CC(=O)O[C@@H]1CC[C@]2(C)[C@@H]3CC[C@@]4(C)[C@H]([C@@H]3C[C@@H]3O[C@@]32C1)[C@@H](C)C[C@H]4C(C)=O. The Bertz CT molecular complexity index is 717. The first-order valence-electron chi connectivity index (χ1n) is 11.5. The Morgan fingerprint density at radius 1 is 1.07 bits per heavy atom. The van der Waals surface area contributed by atoms with Crippen LogP contribution in [0.1, 0.15) is 79.6 Å². The highest BCUT2D eigenvalue weighted by Gasteiger charge is 2.76. The van der Waals surface area contributed by atoms with Crippen molar-refractivity contribution in [1.29, 1.82) is 0 Å². The fourth-order valence-corrected chi connectivity index (χ4v) is 9.15. The maximum atomic E-state index is 12.4. The van der Waals surface area contributed by atoms with E-state index in [1.54, 1.807) is 0 Å². The molecule has 4 aliphatic carbocycles. The first-order valence-corrected chi connectivity index (χ1v) is 11.5. The van der Waals surface area contributed by atoms with E-state index >= 15 is 0 Å². The van der Waals surface area contributed by atoms with Gasteiger partial charge in [-0.05, 0) is 74.5 Å². The van der Waals surface area contributed by atoms with Gasteiger partial charge in [0.15, 0.2) is 0 Å². The van der Waals surface area contributed by atoms with E-state index < -0.39 is 0 Å². The number of carbonyl (C=O) groups excluding carboxylic acids is 2. The Kier molecular flexibility index (Phi) is 3.98. The normalized spacial score (nSPS) is 56.7.